The maximum Gasteiger partial charge on any atom is 0.136 e. The van der Waals surface area contributed by atoms with Crippen LogP contribution in [-0.4, -0.2) is 9.38 Å². The molecule has 2 aromatic rings. The van der Waals surface area contributed by atoms with Gasteiger partial charge in [-0.2, -0.15) is 0 Å². The number of rotatable bonds is 1. The maximum absolute atomic E-state index is 5.48. The number of pyridine rings is 1. The fourth-order valence-electron chi connectivity index (χ4n) is 1.09. The van der Waals surface area contributed by atoms with Crippen LogP contribution in [0.15, 0.2) is 30.7 Å². The predicted octanol–water partition coefficient (Wildman–Crippen LogP) is 1.82. The summed E-state index contributed by atoms with van der Waals surface area (Å²) < 4.78 is 1.96. The maximum atomic E-state index is 5.48. The highest BCUT2D eigenvalue weighted by Gasteiger charge is 1.92. The minimum absolute atomic E-state index is 0.577. The number of aromatic nitrogens is 2. The molecule has 0 unspecified atom stereocenters. The Morgan fingerprint density at radius 1 is 1.38 bits per heavy atom. The van der Waals surface area contributed by atoms with Crippen molar-refractivity contribution in [1.82, 2.24) is 9.38 Å². The molecule has 0 atom stereocenters. The van der Waals surface area contributed by atoms with E-state index in [9.17, 15) is 0 Å². The van der Waals surface area contributed by atoms with Crippen LogP contribution in [0.3, 0.4) is 0 Å². The van der Waals surface area contributed by atoms with Gasteiger partial charge in [-0.1, -0.05) is 19.9 Å². The average Bonchev–Trinajstić information content (AvgIpc) is 2.67. The normalized spacial score (nSPS) is 9.46. The number of fused-ring (bicyclic) bond motifs is 1. The van der Waals surface area contributed by atoms with Gasteiger partial charge in [0.1, 0.15) is 5.65 Å². The predicted molar refractivity (Wildman–Crippen MR) is 54.4 cm³/mol. The second kappa shape index (κ2) is 4.62. The Hall–Kier alpha value is -1.35. The Bertz CT molecular complexity index is 365. The average molecular weight is 177 g/mol. The molecule has 0 aromatic carbocycles. The summed E-state index contributed by atoms with van der Waals surface area (Å²) in [5, 5.41) is 0. The van der Waals surface area contributed by atoms with Gasteiger partial charge in [-0.05, 0) is 11.6 Å². The summed E-state index contributed by atoms with van der Waals surface area (Å²) >= 11 is 0. The Morgan fingerprint density at radius 2 is 2.15 bits per heavy atom. The second-order valence-corrected chi connectivity index (χ2v) is 2.43. The lowest BCUT2D eigenvalue weighted by Crippen LogP contribution is -1.97. The molecule has 0 aliphatic heterocycles. The molecule has 2 rings (SSSR count). The van der Waals surface area contributed by atoms with Gasteiger partial charge >= 0.3 is 0 Å². The van der Waals surface area contributed by atoms with Gasteiger partial charge in [0, 0.05) is 25.1 Å². The summed E-state index contributed by atoms with van der Waals surface area (Å²) in [5.74, 6) is 0. The van der Waals surface area contributed by atoms with Crippen molar-refractivity contribution in [3.8, 4) is 0 Å². The Kier molecular flexibility index (Phi) is 3.46. The van der Waals surface area contributed by atoms with Crippen molar-refractivity contribution >= 4 is 5.65 Å². The van der Waals surface area contributed by atoms with Crippen LogP contribution < -0.4 is 5.73 Å². The topological polar surface area (TPSA) is 43.3 Å². The van der Waals surface area contributed by atoms with Crippen LogP contribution >= 0.6 is 0 Å². The zero-order chi connectivity index (χ0) is 9.68. The monoisotopic (exact) mass is 177 g/mol. The quantitative estimate of drug-likeness (QED) is 0.722. The highest BCUT2D eigenvalue weighted by atomic mass is 15.0. The van der Waals surface area contributed by atoms with Gasteiger partial charge in [0.2, 0.25) is 0 Å². The van der Waals surface area contributed by atoms with Crippen molar-refractivity contribution < 1.29 is 0 Å². The molecule has 3 heteroatoms. The Balaban J connectivity index is 0.000000396. The fourth-order valence-corrected chi connectivity index (χ4v) is 1.09. The van der Waals surface area contributed by atoms with Gasteiger partial charge in [-0.15, -0.1) is 0 Å². The van der Waals surface area contributed by atoms with Gasteiger partial charge in [-0.25, -0.2) is 4.98 Å². The molecule has 3 nitrogen and oxygen atoms in total. The van der Waals surface area contributed by atoms with Gasteiger partial charge < -0.3 is 10.1 Å². The van der Waals surface area contributed by atoms with Crippen LogP contribution in [0.4, 0.5) is 0 Å². The summed E-state index contributed by atoms with van der Waals surface area (Å²) in [6.45, 7) is 4.58. The summed E-state index contributed by atoms with van der Waals surface area (Å²) in [5.41, 5.74) is 7.56. The summed E-state index contributed by atoms with van der Waals surface area (Å²) in [7, 11) is 0. The van der Waals surface area contributed by atoms with Gasteiger partial charge in [0.25, 0.3) is 0 Å². The first kappa shape index (κ1) is 9.74. The van der Waals surface area contributed by atoms with E-state index in [1.54, 1.807) is 6.20 Å². The number of imidazole rings is 1. The standard InChI is InChI=1S/C8H9N3.C2H6/c9-5-7-1-2-8-10-3-4-11(8)6-7;1-2/h1-4,6H,5,9H2;1-2H3. The molecule has 0 radical (unpaired) electrons. The molecule has 0 saturated carbocycles. The minimum Gasteiger partial charge on any atom is -0.326 e. The van der Waals surface area contributed by atoms with E-state index in [-0.39, 0.29) is 0 Å². The molecule has 0 saturated heterocycles. The fraction of sp³-hybridized carbons (Fsp3) is 0.300. The van der Waals surface area contributed by atoms with Crippen molar-refractivity contribution in [3.05, 3.63) is 36.3 Å². The van der Waals surface area contributed by atoms with E-state index in [1.165, 1.54) is 0 Å². The molecule has 0 spiro atoms. The third kappa shape index (κ3) is 2.06. The third-order valence-corrected chi connectivity index (χ3v) is 1.69. The molecule has 13 heavy (non-hydrogen) atoms. The lowest BCUT2D eigenvalue weighted by atomic mass is 10.3. The number of hydrogen-bond donors (Lipinski definition) is 1. The molecule has 0 aliphatic carbocycles. The molecular formula is C10H15N3. The molecule has 0 amide bonds. The first-order chi connectivity index (χ1) is 6.40. The summed E-state index contributed by atoms with van der Waals surface area (Å²) in [4.78, 5) is 4.12. The number of nitrogens with zero attached hydrogens (tertiary/aromatic N) is 2. The van der Waals surface area contributed by atoms with Crippen molar-refractivity contribution in [2.75, 3.05) is 0 Å². The lowest BCUT2D eigenvalue weighted by molar-refractivity contribution is 1.03. The highest BCUT2D eigenvalue weighted by Crippen LogP contribution is 2.02. The number of hydrogen-bond acceptors (Lipinski definition) is 2. The SMILES string of the molecule is CC.NCc1ccc2nccn2c1. The summed E-state index contributed by atoms with van der Waals surface area (Å²) in [6.07, 6.45) is 5.67. The lowest BCUT2D eigenvalue weighted by Gasteiger charge is -1.96. The number of nitrogens with two attached hydrogens (primary N) is 1. The van der Waals surface area contributed by atoms with Crippen LogP contribution in [0, 0.1) is 0 Å². The van der Waals surface area contributed by atoms with Crippen molar-refractivity contribution in [1.29, 1.82) is 0 Å². The van der Waals surface area contributed by atoms with Crippen molar-refractivity contribution in [2.45, 2.75) is 20.4 Å². The molecule has 2 N–H and O–H groups in total. The van der Waals surface area contributed by atoms with Crippen LogP contribution in [0.2, 0.25) is 0 Å². The van der Waals surface area contributed by atoms with Crippen LogP contribution in [-0.2, 0) is 6.54 Å². The van der Waals surface area contributed by atoms with Crippen molar-refractivity contribution in [3.63, 3.8) is 0 Å². The van der Waals surface area contributed by atoms with E-state index in [0.717, 1.165) is 11.2 Å². The first-order valence-electron chi connectivity index (χ1n) is 4.52. The third-order valence-electron chi connectivity index (χ3n) is 1.69. The summed E-state index contributed by atoms with van der Waals surface area (Å²) in [6, 6.07) is 3.95. The molecule has 0 bridgehead atoms. The Morgan fingerprint density at radius 3 is 2.85 bits per heavy atom. The van der Waals surface area contributed by atoms with Gasteiger partial charge in [-0.3, -0.25) is 0 Å². The van der Waals surface area contributed by atoms with Gasteiger partial charge in [0.05, 0.1) is 0 Å². The zero-order valence-electron chi connectivity index (χ0n) is 8.07. The van der Waals surface area contributed by atoms with Crippen LogP contribution in [0.25, 0.3) is 5.65 Å². The van der Waals surface area contributed by atoms with Crippen LogP contribution in [0.5, 0.6) is 0 Å². The molecular weight excluding hydrogens is 162 g/mol. The van der Waals surface area contributed by atoms with E-state index in [2.05, 4.69) is 4.98 Å². The largest absolute Gasteiger partial charge is 0.326 e. The Labute approximate surface area is 78.2 Å². The van der Waals surface area contributed by atoms with Crippen LogP contribution in [0.1, 0.15) is 19.4 Å². The van der Waals surface area contributed by atoms with Crippen molar-refractivity contribution in [2.24, 2.45) is 5.73 Å². The molecule has 2 aromatic heterocycles. The van der Waals surface area contributed by atoms with E-state index in [1.807, 2.05) is 42.8 Å². The second-order valence-electron chi connectivity index (χ2n) is 2.43. The van der Waals surface area contributed by atoms with E-state index < -0.39 is 0 Å². The van der Waals surface area contributed by atoms with E-state index in [4.69, 9.17) is 5.73 Å². The minimum atomic E-state index is 0.577. The zero-order valence-corrected chi connectivity index (χ0v) is 8.07. The van der Waals surface area contributed by atoms with E-state index >= 15 is 0 Å². The highest BCUT2D eigenvalue weighted by molar-refractivity contribution is 5.39. The molecule has 0 fully saturated rings. The first-order valence-corrected chi connectivity index (χ1v) is 4.52. The molecule has 0 aliphatic rings. The van der Waals surface area contributed by atoms with Gasteiger partial charge in [0.15, 0.2) is 0 Å². The molecule has 70 valence electrons. The van der Waals surface area contributed by atoms with E-state index in [0.29, 0.717) is 6.54 Å². The molecule has 2 heterocycles. The smallest absolute Gasteiger partial charge is 0.136 e.